The van der Waals surface area contributed by atoms with Gasteiger partial charge < -0.3 is 54.7 Å². The number of hydrogen-bond acceptors (Lipinski definition) is 11. The molecule has 0 amide bonds. The first-order valence-electron chi connectivity index (χ1n) is 19.5. The molecular weight excluding hydrogens is 688 g/mol. The first-order valence-corrected chi connectivity index (χ1v) is 19.5. The third-order valence-electron chi connectivity index (χ3n) is 16.2. The van der Waals surface area contributed by atoms with Crippen LogP contribution in [-0.2, 0) is 28.5 Å². The van der Waals surface area contributed by atoms with Gasteiger partial charge in [-0.25, -0.2) is 4.79 Å². The smallest absolute Gasteiger partial charge is 0.335 e. The largest absolute Gasteiger partial charge is 0.481 e. The van der Waals surface area contributed by atoms with Crippen molar-refractivity contribution in [1.29, 1.82) is 0 Å². The molecule has 17 atom stereocenters. The summed E-state index contributed by atoms with van der Waals surface area (Å²) in [7, 11) is 0. The van der Waals surface area contributed by atoms with Crippen LogP contribution in [0.25, 0.3) is 0 Å². The second-order valence-corrected chi connectivity index (χ2v) is 18.8. The van der Waals surface area contributed by atoms with E-state index in [4.69, 9.17) is 18.9 Å². The van der Waals surface area contributed by atoms with Crippen LogP contribution in [0, 0.1) is 44.8 Å². The van der Waals surface area contributed by atoms with Crippen molar-refractivity contribution >= 4 is 11.9 Å². The molecule has 13 heteroatoms. The van der Waals surface area contributed by atoms with E-state index in [0.29, 0.717) is 25.2 Å². The Morgan fingerprint density at radius 1 is 0.830 bits per heavy atom. The number of carboxylic acids is 2. The molecule has 2 unspecified atom stereocenters. The van der Waals surface area contributed by atoms with Gasteiger partial charge in [0.05, 0.1) is 18.1 Å². The number of carboxylic acid groups (broad SMARTS) is 2. The van der Waals surface area contributed by atoms with E-state index in [2.05, 4.69) is 47.3 Å². The molecule has 5 aliphatic carbocycles. The molecular formula is C40H60O13. The van der Waals surface area contributed by atoms with Gasteiger partial charge in [0, 0.05) is 5.92 Å². The van der Waals surface area contributed by atoms with E-state index in [0.717, 1.165) is 50.5 Å². The van der Waals surface area contributed by atoms with E-state index in [9.17, 15) is 45.3 Å². The number of fused-ring (bicyclic) bond motifs is 7. The standard InChI is InChI=1S/C40H60O13/c1-19-9-14-40(35(48)49)16-15-38(5)20(21(40)17-19)7-8-24-37(4)12-11-25(36(2,3)23(37)10-13-39(24,38)6)51-34-29(45)30(28(44)31(53-34)32(46)47)52-33-27(43)26(42)22(41)18-50-33/h7,21-31,33-34,41-45H,1,8-18H2,2-6H3,(H,46,47)(H,48,49)/t21-,22-,23?,24-,25?,26+,27-,28+,29-,30+,31+,33+,34-,37+,38-,39-,40+/m1/s1. The predicted molar refractivity (Wildman–Crippen MR) is 188 cm³/mol. The molecule has 298 valence electrons. The van der Waals surface area contributed by atoms with E-state index in [1.54, 1.807) is 0 Å². The molecule has 0 bridgehead atoms. The highest BCUT2D eigenvalue weighted by Gasteiger charge is 2.69. The Hall–Kier alpha value is -1.94. The first kappa shape index (κ1) is 39.3. The van der Waals surface area contributed by atoms with Gasteiger partial charge in [0.25, 0.3) is 0 Å². The minimum Gasteiger partial charge on any atom is -0.481 e. The number of aliphatic hydroxyl groups excluding tert-OH is 5. The molecule has 0 radical (unpaired) electrons. The molecule has 0 spiro atoms. The van der Waals surface area contributed by atoms with E-state index in [1.807, 2.05) is 0 Å². The van der Waals surface area contributed by atoms with Gasteiger partial charge in [0.1, 0.15) is 36.6 Å². The lowest BCUT2D eigenvalue weighted by Crippen LogP contribution is -2.66. The number of aliphatic hydroxyl groups is 5. The van der Waals surface area contributed by atoms with Crippen LogP contribution < -0.4 is 0 Å². The highest BCUT2D eigenvalue weighted by molar-refractivity contribution is 5.77. The Labute approximate surface area is 311 Å². The van der Waals surface area contributed by atoms with Crippen molar-refractivity contribution in [2.24, 2.45) is 44.8 Å². The van der Waals surface area contributed by atoms with Gasteiger partial charge in [0.15, 0.2) is 18.7 Å². The molecule has 2 saturated heterocycles. The fourth-order valence-electron chi connectivity index (χ4n) is 12.9. The average molecular weight is 749 g/mol. The summed E-state index contributed by atoms with van der Waals surface area (Å²) in [4.78, 5) is 25.1. The molecule has 6 fully saturated rings. The Morgan fingerprint density at radius 3 is 2.23 bits per heavy atom. The molecule has 2 aliphatic heterocycles. The zero-order valence-electron chi connectivity index (χ0n) is 31.6. The van der Waals surface area contributed by atoms with Crippen LogP contribution in [0.3, 0.4) is 0 Å². The Kier molecular flexibility index (Phi) is 9.89. The fraction of sp³-hybridized carbons (Fsp3) is 0.850. The minimum atomic E-state index is -1.86. The van der Waals surface area contributed by atoms with Crippen molar-refractivity contribution in [3.8, 4) is 0 Å². The van der Waals surface area contributed by atoms with Crippen LogP contribution in [0.2, 0.25) is 0 Å². The molecule has 7 rings (SSSR count). The lowest BCUT2D eigenvalue weighted by Gasteiger charge is -2.71. The molecule has 0 aromatic rings. The van der Waals surface area contributed by atoms with E-state index < -0.39 is 84.2 Å². The monoisotopic (exact) mass is 748 g/mol. The third-order valence-corrected chi connectivity index (χ3v) is 16.2. The molecule has 13 nitrogen and oxygen atoms in total. The second kappa shape index (κ2) is 13.3. The van der Waals surface area contributed by atoms with E-state index in [1.165, 1.54) is 5.57 Å². The van der Waals surface area contributed by atoms with Gasteiger partial charge >= 0.3 is 11.9 Å². The normalized spacial score (nSPS) is 52.2. The molecule has 4 saturated carbocycles. The number of aliphatic carboxylic acids is 2. The highest BCUT2D eigenvalue weighted by Crippen LogP contribution is 2.75. The molecule has 7 aliphatic rings. The molecule has 0 aromatic carbocycles. The molecule has 2 heterocycles. The van der Waals surface area contributed by atoms with Crippen LogP contribution in [0.1, 0.15) is 98.8 Å². The predicted octanol–water partition coefficient (Wildman–Crippen LogP) is 3.14. The van der Waals surface area contributed by atoms with Crippen molar-refractivity contribution < 1.29 is 64.3 Å². The number of rotatable bonds is 6. The lowest BCUT2D eigenvalue weighted by atomic mass is 9.34. The van der Waals surface area contributed by atoms with Crippen molar-refractivity contribution in [1.82, 2.24) is 0 Å². The summed E-state index contributed by atoms with van der Waals surface area (Å²) < 4.78 is 23.3. The number of carbonyl (C=O) groups is 2. The Morgan fingerprint density at radius 2 is 1.55 bits per heavy atom. The number of allylic oxidation sites excluding steroid dienone is 3. The zero-order chi connectivity index (χ0) is 38.6. The lowest BCUT2D eigenvalue weighted by molar-refractivity contribution is -0.357. The summed E-state index contributed by atoms with van der Waals surface area (Å²) in [5.74, 6) is -1.66. The quantitative estimate of drug-likeness (QED) is 0.154. The topological polar surface area (TPSA) is 213 Å². The summed E-state index contributed by atoms with van der Waals surface area (Å²) in [6.45, 7) is 15.5. The van der Waals surface area contributed by atoms with Crippen LogP contribution in [0.4, 0.5) is 0 Å². The van der Waals surface area contributed by atoms with Crippen LogP contribution in [0.5, 0.6) is 0 Å². The SMILES string of the molecule is C=C1CC[C@]2(C(=O)O)CC[C@]3(C)C(=CC[C@@H]4[C@@]5(C)CCC(O[C@@H]6O[C@H](C(=O)O)[C@@H](O)[C@H](O[C@@H]7OC[C@@H](O)[C@H](O)[C@H]7O)[C@H]6O)C(C)(C)C5CC[C@]43C)[C@H]2C1. The van der Waals surface area contributed by atoms with E-state index >= 15 is 0 Å². The highest BCUT2D eigenvalue weighted by atomic mass is 16.7. The third kappa shape index (κ3) is 5.73. The van der Waals surface area contributed by atoms with E-state index in [-0.39, 0.29) is 34.7 Å². The minimum absolute atomic E-state index is 0.0312. The zero-order valence-corrected chi connectivity index (χ0v) is 31.6. The second-order valence-electron chi connectivity index (χ2n) is 18.8. The number of ether oxygens (including phenoxy) is 4. The Bertz CT molecular complexity index is 1510. The van der Waals surface area contributed by atoms with Gasteiger partial charge in [-0.2, -0.15) is 0 Å². The van der Waals surface area contributed by atoms with Crippen molar-refractivity contribution in [2.75, 3.05) is 6.61 Å². The maximum absolute atomic E-state index is 12.9. The maximum atomic E-state index is 12.9. The molecule has 53 heavy (non-hydrogen) atoms. The van der Waals surface area contributed by atoms with Crippen LogP contribution >= 0.6 is 0 Å². The number of hydrogen-bond donors (Lipinski definition) is 7. The van der Waals surface area contributed by atoms with Crippen LogP contribution in [0.15, 0.2) is 23.8 Å². The average Bonchev–Trinajstić information content (AvgIpc) is 3.08. The summed E-state index contributed by atoms with van der Waals surface area (Å²) in [6, 6.07) is 0. The fourth-order valence-corrected chi connectivity index (χ4v) is 12.9. The Balaban J connectivity index is 1.13. The summed E-state index contributed by atoms with van der Waals surface area (Å²) >= 11 is 0. The molecule has 0 aromatic heterocycles. The van der Waals surface area contributed by atoms with Crippen LogP contribution in [-0.4, -0.2) is 116 Å². The summed E-state index contributed by atoms with van der Waals surface area (Å²) in [5.41, 5.74) is 1.02. The van der Waals surface area contributed by atoms with Crippen molar-refractivity contribution in [3.63, 3.8) is 0 Å². The summed E-state index contributed by atoms with van der Waals surface area (Å²) in [5, 5.41) is 73.4. The van der Waals surface area contributed by atoms with Crippen molar-refractivity contribution in [2.45, 2.75) is 160 Å². The van der Waals surface area contributed by atoms with Crippen molar-refractivity contribution in [3.05, 3.63) is 23.8 Å². The molecule has 7 N–H and O–H groups in total. The first-order chi connectivity index (χ1) is 24.7. The maximum Gasteiger partial charge on any atom is 0.335 e. The van der Waals surface area contributed by atoms with Gasteiger partial charge in [-0.1, -0.05) is 58.4 Å². The van der Waals surface area contributed by atoms with Gasteiger partial charge in [-0.05, 0) is 97.7 Å². The van der Waals surface area contributed by atoms with Gasteiger partial charge in [-0.15, -0.1) is 0 Å². The van der Waals surface area contributed by atoms with Gasteiger partial charge in [0.2, 0.25) is 0 Å². The van der Waals surface area contributed by atoms with Gasteiger partial charge in [-0.3, -0.25) is 4.79 Å². The summed E-state index contributed by atoms with van der Waals surface area (Å²) in [6.07, 6.45) is -4.94.